The Labute approximate surface area is 113 Å². The number of hydrogen-bond donors (Lipinski definition) is 1. The summed E-state index contributed by atoms with van der Waals surface area (Å²) in [5.74, 6) is 1.60. The van der Waals surface area contributed by atoms with E-state index in [1.807, 2.05) is 6.07 Å². The minimum Gasteiger partial charge on any atom is -0.481 e. The number of aromatic amines is 1. The fourth-order valence-corrected chi connectivity index (χ4v) is 2.08. The van der Waals surface area contributed by atoms with Crippen LogP contribution >= 0.6 is 12.2 Å². The molecule has 7 nitrogen and oxygen atoms in total. The van der Waals surface area contributed by atoms with Crippen LogP contribution in [0.3, 0.4) is 0 Å². The topological polar surface area (TPSA) is 81.8 Å². The van der Waals surface area contributed by atoms with E-state index in [-0.39, 0.29) is 0 Å². The van der Waals surface area contributed by atoms with E-state index in [1.54, 1.807) is 24.7 Å². The van der Waals surface area contributed by atoms with Gasteiger partial charge in [-0.25, -0.2) is 0 Å². The van der Waals surface area contributed by atoms with Crippen LogP contribution in [0.25, 0.3) is 11.2 Å². The van der Waals surface area contributed by atoms with Crippen molar-refractivity contribution >= 4 is 23.4 Å². The maximum Gasteiger partial charge on any atom is 0.223 e. The first kappa shape index (κ1) is 11.8. The third-order valence-electron chi connectivity index (χ3n) is 2.67. The first-order chi connectivity index (χ1) is 9.17. The monoisotopic (exact) mass is 277 g/mol. The Hall–Kier alpha value is -2.22. The zero-order valence-electron chi connectivity index (χ0n) is 10.4. The molecule has 98 valence electrons. The standard InChI is InChI=1S/C11H11N5O2S/c1-6-12-8(15-18-6)5-16-10-7(13-11(16)19)3-4-9(14-10)17-2/h3-4H,5H2,1-2H3,(H,13,19). The van der Waals surface area contributed by atoms with E-state index in [4.69, 9.17) is 21.5 Å². The summed E-state index contributed by atoms with van der Waals surface area (Å²) in [5, 5.41) is 3.85. The smallest absolute Gasteiger partial charge is 0.223 e. The average molecular weight is 277 g/mol. The number of ether oxygens (including phenoxy) is 1. The third kappa shape index (κ3) is 2.10. The van der Waals surface area contributed by atoms with Gasteiger partial charge in [-0.3, -0.25) is 4.57 Å². The zero-order valence-corrected chi connectivity index (χ0v) is 11.2. The first-order valence-corrected chi connectivity index (χ1v) is 6.01. The molecule has 0 saturated heterocycles. The van der Waals surface area contributed by atoms with E-state index in [0.717, 1.165) is 5.52 Å². The molecule has 0 amide bonds. The van der Waals surface area contributed by atoms with Crippen molar-refractivity contribution in [3.8, 4) is 5.88 Å². The molecular weight excluding hydrogens is 266 g/mol. The van der Waals surface area contributed by atoms with E-state index >= 15 is 0 Å². The average Bonchev–Trinajstić information content (AvgIpc) is 2.94. The van der Waals surface area contributed by atoms with Gasteiger partial charge >= 0.3 is 0 Å². The van der Waals surface area contributed by atoms with E-state index in [0.29, 0.717) is 34.6 Å². The number of hydrogen-bond acceptors (Lipinski definition) is 6. The second-order valence-electron chi connectivity index (χ2n) is 3.97. The largest absolute Gasteiger partial charge is 0.481 e. The number of nitrogens with one attached hydrogen (secondary N) is 1. The van der Waals surface area contributed by atoms with E-state index < -0.39 is 0 Å². The summed E-state index contributed by atoms with van der Waals surface area (Å²) in [6, 6.07) is 3.64. The Morgan fingerprint density at radius 3 is 2.95 bits per heavy atom. The van der Waals surface area contributed by atoms with Gasteiger partial charge in [0.05, 0.1) is 19.2 Å². The highest BCUT2D eigenvalue weighted by Crippen LogP contribution is 2.17. The molecule has 0 aliphatic carbocycles. The Balaban J connectivity index is 2.11. The number of methoxy groups -OCH3 is 1. The lowest BCUT2D eigenvalue weighted by Crippen LogP contribution is -2.03. The Morgan fingerprint density at radius 1 is 1.42 bits per heavy atom. The molecule has 0 unspecified atom stereocenters. The Bertz CT molecular complexity index is 788. The fourth-order valence-electron chi connectivity index (χ4n) is 1.82. The van der Waals surface area contributed by atoms with Crippen LogP contribution in [-0.2, 0) is 6.54 Å². The lowest BCUT2D eigenvalue weighted by Gasteiger charge is -2.01. The molecule has 3 heterocycles. The van der Waals surface area contributed by atoms with E-state index in [2.05, 4.69) is 20.1 Å². The molecule has 0 saturated carbocycles. The van der Waals surface area contributed by atoms with Gasteiger partial charge in [0, 0.05) is 13.0 Å². The van der Waals surface area contributed by atoms with Crippen LogP contribution in [0.5, 0.6) is 5.88 Å². The van der Waals surface area contributed by atoms with Crippen molar-refractivity contribution in [3.05, 3.63) is 28.6 Å². The summed E-state index contributed by atoms with van der Waals surface area (Å²) < 4.78 is 12.4. The van der Waals surface area contributed by atoms with Gasteiger partial charge in [0.1, 0.15) is 0 Å². The number of pyridine rings is 1. The number of fused-ring (bicyclic) bond motifs is 1. The van der Waals surface area contributed by atoms with E-state index in [1.165, 1.54) is 0 Å². The molecule has 8 heteroatoms. The molecule has 0 spiro atoms. The molecule has 0 bridgehead atoms. The lowest BCUT2D eigenvalue weighted by molar-refractivity contribution is 0.386. The van der Waals surface area contributed by atoms with Crippen molar-refractivity contribution in [2.75, 3.05) is 7.11 Å². The fraction of sp³-hybridized carbons (Fsp3) is 0.273. The SMILES string of the molecule is COc1ccc2[nH]c(=S)n(Cc3noc(C)n3)c2n1. The molecule has 0 aromatic carbocycles. The van der Waals surface area contributed by atoms with Crippen LogP contribution in [0.1, 0.15) is 11.7 Å². The van der Waals surface area contributed by atoms with Crippen molar-refractivity contribution in [1.82, 2.24) is 24.7 Å². The van der Waals surface area contributed by atoms with Gasteiger partial charge < -0.3 is 14.2 Å². The zero-order chi connectivity index (χ0) is 13.4. The number of nitrogens with zero attached hydrogens (tertiary/aromatic N) is 4. The minimum atomic E-state index is 0.399. The second kappa shape index (κ2) is 4.47. The maximum atomic E-state index is 5.28. The van der Waals surface area contributed by atoms with Crippen molar-refractivity contribution in [3.63, 3.8) is 0 Å². The maximum absolute atomic E-state index is 5.28. The number of rotatable bonds is 3. The van der Waals surface area contributed by atoms with Gasteiger partial charge in [0.15, 0.2) is 16.2 Å². The highest BCUT2D eigenvalue weighted by Gasteiger charge is 2.10. The molecule has 3 aromatic heterocycles. The summed E-state index contributed by atoms with van der Waals surface area (Å²) >= 11 is 5.28. The van der Waals surface area contributed by atoms with Crippen LogP contribution in [-0.4, -0.2) is 31.8 Å². The summed E-state index contributed by atoms with van der Waals surface area (Å²) in [6.45, 7) is 2.14. The van der Waals surface area contributed by atoms with Gasteiger partial charge in [0.25, 0.3) is 0 Å². The number of H-pyrrole nitrogens is 1. The van der Waals surface area contributed by atoms with Crippen LogP contribution < -0.4 is 4.74 Å². The van der Waals surface area contributed by atoms with Crippen LogP contribution in [0, 0.1) is 11.7 Å². The lowest BCUT2D eigenvalue weighted by atomic mass is 10.4. The van der Waals surface area contributed by atoms with Gasteiger partial charge in [-0.1, -0.05) is 5.16 Å². The predicted molar refractivity (Wildman–Crippen MR) is 69.6 cm³/mol. The minimum absolute atomic E-state index is 0.399. The molecular formula is C11H11N5O2S. The van der Waals surface area contributed by atoms with Crippen molar-refractivity contribution in [2.24, 2.45) is 0 Å². The number of imidazole rings is 1. The quantitative estimate of drug-likeness (QED) is 0.736. The predicted octanol–water partition coefficient (Wildman–Crippen LogP) is 1.84. The highest BCUT2D eigenvalue weighted by atomic mass is 32.1. The molecule has 3 rings (SSSR count). The van der Waals surface area contributed by atoms with Gasteiger partial charge in [-0.05, 0) is 18.3 Å². The molecule has 19 heavy (non-hydrogen) atoms. The van der Waals surface area contributed by atoms with Gasteiger partial charge in [0.2, 0.25) is 11.8 Å². The third-order valence-corrected chi connectivity index (χ3v) is 2.99. The van der Waals surface area contributed by atoms with Crippen molar-refractivity contribution < 1.29 is 9.26 Å². The molecule has 1 N–H and O–H groups in total. The van der Waals surface area contributed by atoms with Crippen LogP contribution in [0.2, 0.25) is 0 Å². The summed E-state index contributed by atoms with van der Waals surface area (Å²) in [5.41, 5.74) is 1.54. The van der Waals surface area contributed by atoms with Crippen LogP contribution in [0.15, 0.2) is 16.7 Å². The normalized spacial score (nSPS) is 11.1. The molecule has 0 aliphatic heterocycles. The summed E-state index contributed by atoms with van der Waals surface area (Å²) in [7, 11) is 1.57. The molecule has 3 aromatic rings. The van der Waals surface area contributed by atoms with Crippen LogP contribution in [0.4, 0.5) is 0 Å². The highest BCUT2D eigenvalue weighted by molar-refractivity contribution is 7.71. The molecule has 0 radical (unpaired) electrons. The summed E-state index contributed by atoms with van der Waals surface area (Å²) in [4.78, 5) is 11.6. The molecule has 0 aliphatic rings. The van der Waals surface area contributed by atoms with Crippen molar-refractivity contribution in [2.45, 2.75) is 13.5 Å². The van der Waals surface area contributed by atoms with Crippen molar-refractivity contribution in [1.29, 1.82) is 0 Å². The molecule has 0 atom stereocenters. The number of aromatic nitrogens is 5. The Morgan fingerprint density at radius 2 is 2.26 bits per heavy atom. The Kier molecular flexibility index (Phi) is 2.79. The first-order valence-electron chi connectivity index (χ1n) is 5.60. The summed E-state index contributed by atoms with van der Waals surface area (Å²) in [6.07, 6.45) is 0. The van der Waals surface area contributed by atoms with Gasteiger partial charge in [-0.2, -0.15) is 9.97 Å². The van der Waals surface area contributed by atoms with E-state index in [9.17, 15) is 0 Å². The molecule has 0 fully saturated rings. The number of aryl methyl sites for hydroxylation is 1. The second-order valence-corrected chi connectivity index (χ2v) is 4.36. The van der Waals surface area contributed by atoms with Gasteiger partial charge in [-0.15, -0.1) is 0 Å².